The van der Waals surface area contributed by atoms with Crippen LogP contribution in [-0.2, 0) is 4.79 Å². The van der Waals surface area contributed by atoms with Gasteiger partial charge in [-0.1, -0.05) is 11.6 Å². The van der Waals surface area contributed by atoms with Gasteiger partial charge in [-0.15, -0.1) is 0 Å². The number of halogens is 1. The molecule has 0 aromatic carbocycles. The van der Waals surface area contributed by atoms with Crippen molar-refractivity contribution in [1.29, 1.82) is 0 Å². The molecule has 3 heterocycles. The van der Waals surface area contributed by atoms with Gasteiger partial charge in [-0.05, 0) is 50.4 Å². The topological polar surface area (TPSA) is 57.3 Å². The van der Waals surface area contributed by atoms with Gasteiger partial charge in [0, 0.05) is 31.7 Å². The minimum absolute atomic E-state index is 0.172. The lowest BCUT2D eigenvalue weighted by Crippen LogP contribution is -2.37. The van der Waals surface area contributed by atoms with Crippen LogP contribution in [0.25, 0.3) is 0 Å². The average molecular weight is 323 g/mol. The number of hydrogen-bond acceptors (Lipinski definition) is 4. The Labute approximate surface area is 136 Å². The van der Waals surface area contributed by atoms with E-state index in [1.165, 1.54) is 6.42 Å². The van der Waals surface area contributed by atoms with Crippen LogP contribution >= 0.6 is 11.6 Å². The number of carbonyl (C=O) groups is 1. The van der Waals surface area contributed by atoms with Crippen LogP contribution in [0.2, 0.25) is 5.02 Å². The van der Waals surface area contributed by atoms with Gasteiger partial charge in [-0.25, -0.2) is 4.98 Å². The molecule has 2 unspecified atom stereocenters. The van der Waals surface area contributed by atoms with Gasteiger partial charge >= 0.3 is 0 Å². The smallest absolute Gasteiger partial charge is 0.220 e. The SMILES string of the molecule is O=C(CCC1CCNC1)NC1CCN(c2ncccc2Cl)C1. The zero-order chi connectivity index (χ0) is 15.4. The van der Waals surface area contributed by atoms with Gasteiger partial charge in [0.15, 0.2) is 0 Å². The van der Waals surface area contributed by atoms with Crippen molar-refractivity contribution in [2.75, 3.05) is 31.1 Å². The summed E-state index contributed by atoms with van der Waals surface area (Å²) in [5.74, 6) is 1.65. The van der Waals surface area contributed by atoms with E-state index in [1.54, 1.807) is 6.20 Å². The molecule has 5 nitrogen and oxygen atoms in total. The van der Waals surface area contributed by atoms with E-state index >= 15 is 0 Å². The molecule has 6 heteroatoms. The van der Waals surface area contributed by atoms with E-state index in [4.69, 9.17) is 11.6 Å². The van der Waals surface area contributed by atoms with Crippen LogP contribution in [0.4, 0.5) is 5.82 Å². The Balaban J connectivity index is 1.44. The predicted molar refractivity (Wildman–Crippen MR) is 88.2 cm³/mol. The number of rotatable bonds is 5. The Morgan fingerprint density at radius 2 is 2.41 bits per heavy atom. The maximum atomic E-state index is 12.1. The Morgan fingerprint density at radius 3 is 3.18 bits per heavy atom. The number of nitrogens with zero attached hydrogens (tertiary/aromatic N) is 2. The molecule has 2 atom stereocenters. The maximum absolute atomic E-state index is 12.1. The molecular formula is C16H23ClN4O. The highest BCUT2D eigenvalue weighted by Gasteiger charge is 2.26. The molecule has 2 fully saturated rings. The second-order valence-corrected chi connectivity index (χ2v) is 6.61. The Kier molecular flexibility index (Phi) is 5.16. The highest BCUT2D eigenvalue weighted by Crippen LogP contribution is 2.25. The summed E-state index contributed by atoms with van der Waals surface area (Å²) in [6, 6.07) is 3.89. The fraction of sp³-hybridized carbons (Fsp3) is 0.625. The molecular weight excluding hydrogens is 300 g/mol. The van der Waals surface area contributed by atoms with Crippen molar-refractivity contribution >= 4 is 23.3 Å². The first-order valence-electron chi connectivity index (χ1n) is 8.08. The molecule has 2 saturated heterocycles. The zero-order valence-corrected chi connectivity index (χ0v) is 13.5. The second-order valence-electron chi connectivity index (χ2n) is 6.21. The highest BCUT2D eigenvalue weighted by molar-refractivity contribution is 6.32. The molecule has 0 bridgehead atoms. The van der Waals surface area contributed by atoms with Crippen molar-refractivity contribution in [3.05, 3.63) is 23.4 Å². The van der Waals surface area contributed by atoms with Gasteiger partial charge in [0.1, 0.15) is 5.82 Å². The molecule has 2 aliphatic heterocycles. The summed E-state index contributed by atoms with van der Waals surface area (Å²) in [5.41, 5.74) is 0. The van der Waals surface area contributed by atoms with E-state index in [1.807, 2.05) is 12.1 Å². The molecule has 2 N–H and O–H groups in total. The van der Waals surface area contributed by atoms with E-state index in [2.05, 4.69) is 20.5 Å². The number of hydrogen-bond donors (Lipinski definition) is 2. The second kappa shape index (κ2) is 7.29. The van der Waals surface area contributed by atoms with Gasteiger partial charge in [-0.3, -0.25) is 4.79 Å². The summed E-state index contributed by atoms with van der Waals surface area (Å²) in [4.78, 5) is 18.6. The van der Waals surface area contributed by atoms with E-state index < -0.39 is 0 Å². The van der Waals surface area contributed by atoms with Gasteiger partial charge in [-0.2, -0.15) is 0 Å². The third-order valence-electron chi connectivity index (χ3n) is 4.53. The van der Waals surface area contributed by atoms with Crippen molar-refractivity contribution in [2.45, 2.75) is 31.7 Å². The summed E-state index contributed by atoms with van der Waals surface area (Å²) in [5, 5.41) is 7.16. The number of carbonyl (C=O) groups excluding carboxylic acids is 1. The van der Waals surface area contributed by atoms with Crippen molar-refractivity contribution < 1.29 is 4.79 Å². The number of amides is 1. The quantitative estimate of drug-likeness (QED) is 0.868. The molecule has 1 aromatic rings. The van der Waals surface area contributed by atoms with Crippen molar-refractivity contribution in [3.63, 3.8) is 0 Å². The largest absolute Gasteiger partial charge is 0.353 e. The normalized spacial score (nSPS) is 24.7. The molecule has 0 saturated carbocycles. The van der Waals surface area contributed by atoms with Crippen LogP contribution in [-0.4, -0.2) is 43.1 Å². The van der Waals surface area contributed by atoms with Crippen LogP contribution in [0.15, 0.2) is 18.3 Å². The van der Waals surface area contributed by atoms with Crippen LogP contribution in [0.5, 0.6) is 0 Å². The fourth-order valence-electron chi connectivity index (χ4n) is 3.28. The van der Waals surface area contributed by atoms with Crippen LogP contribution in [0, 0.1) is 5.92 Å². The molecule has 0 aliphatic carbocycles. The summed E-state index contributed by atoms with van der Waals surface area (Å²) in [7, 11) is 0. The van der Waals surface area contributed by atoms with E-state index in [0.29, 0.717) is 17.4 Å². The van der Waals surface area contributed by atoms with E-state index in [-0.39, 0.29) is 11.9 Å². The molecule has 0 spiro atoms. The first-order chi connectivity index (χ1) is 10.7. The highest BCUT2D eigenvalue weighted by atomic mass is 35.5. The molecule has 22 heavy (non-hydrogen) atoms. The summed E-state index contributed by atoms with van der Waals surface area (Å²) < 4.78 is 0. The fourth-order valence-corrected chi connectivity index (χ4v) is 3.52. The molecule has 2 aliphatic rings. The molecule has 1 amide bonds. The molecule has 0 radical (unpaired) electrons. The van der Waals surface area contributed by atoms with Gasteiger partial charge in [0.05, 0.1) is 5.02 Å². The number of nitrogens with one attached hydrogen (secondary N) is 2. The standard InChI is InChI=1S/C16H23ClN4O/c17-14-2-1-7-19-16(14)21-9-6-13(11-21)20-15(22)4-3-12-5-8-18-10-12/h1-2,7,12-13,18H,3-6,8-11H2,(H,20,22). The number of aromatic nitrogens is 1. The zero-order valence-electron chi connectivity index (χ0n) is 12.7. The predicted octanol–water partition coefficient (Wildman–Crippen LogP) is 1.82. The van der Waals surface area contributed by atoms with Crippen LogP contribution < -0.4 is 15.5 Å². The van der Waals surface area contributed by atoms with Crippen molar-refractivity contribution in [1.82, 2.24) is 15.6 Å². The monoisotopic (exact) mass is 322 g/mol. The lowest BCUT2D eigenvalue weighted by molar-refractivity contribution is -0.121. The first-order valence-corrected chi connectivity index (χ1v) is 8.45. The van der Waals surface area contributed by atoms with Crippen LogP contribution in [0.1, 0.15) is 25.7 Å². The van der Waals surface area contributed by atoms with Gasteiger partial charge in [0.2, 0.25) is 5.91 Å². The van der Waals surface area contributed by atoms with Gasteiger partial charge < -0.3 is 15.5 Å². The third-order valence-corrected chi connectivity index (χ3v) is 4.83. The van der Waals surface area contributed by atoms with Crippen LogP contribution in [0.3, 0.4) is 0 Å². The molecule has 120 valence electrons. The third kappa shape index (κ3) is 3.90. The number of pyridine rings is 1. The van der Waals surface area contributed by atoms with Crippen molar-refractivity contribution in [2.24, 2.45) is 5.92 Å². The van der Waals surface area contributed by atoms with Crippen molar-refractivity contribution in [3.8, 4) is 0 Å². The lowest BCUT2D eigenvalue weighted by Gasteiger charge is -2.19. The lowest BCUT2D eigenvalue weighted by atomic mass is 10.0. The maximum Gasteiger partial charge on any atom is 0.220 e. The molecule has 3 rings (SSSR count). The van der Waals surface area contributed by atoms with Gasteiger partial charge in [0.25, 0.3) is 0 Å². The molecule has 1 aromatic heterocycles. The number of anilines is 1. The minimum Gasteiger partial charge on any atom is -0.353 e. The minimum atomic E-state index is 0.172. The Morgan fingerprint density at radius 1 is 1.50 bits per heavy atom. The Bertz CT molecular complexity index is 519. The summed E-state index contributed by atoms with van der Waals surface area (Å²) in [6.45, 7) is 3.82. The average Bonchev–Trinajstić information content (AvgIpc) is 3.17. The van der Waals surface area contributed by atoms with E-state index in [9.17, 15) is 4.79 Å². The Hall–Kier alpha value is -1.33. The first kappa shape index (κ1) is 15.6. The van der Waals surface area contributed by atoms with E-state index in [0.717, 1.165) is 44.8 Å². The summed E-state index contributed by atoms with van der Waals surface area (Å²) >= 11 is 6.18. The summed E-state index contributed by atoms with van der Waals surface area (Å²) in [6.07, 6.45) is 5.52.